The maximum atomic E-state index is 12.0. The van der Waals surface area contributed by atoms with Gasteiger partial charge in [-0.2, -0.15) is 0 Å². The Labute approximate surface area is 105 Å². The van der Waals surface area contributed by atoms with Crippen molar-refractivity contribution in [1.82, 2.24) is 5.32 Å². The van der Waals surface area contributed by atoms with Gasteiger partial charge in [0.1, 0.15) is 0 Å². The first-order valence-electron chi connectivity index (χ1n) is 6.55. The molecule has 0 aliphatic carbocycles. The Morgan fingerprint density at radius 1 is 1.19 bits per heavy atom. The summed E-state index contributed by atoms with van der Waals surface area (Å²) in [5.41, 5.74) is 0. The summed E-state index contributed by atoms with van der Waals surface area (Å²) < 4.78 is 0. The molecule has 1 N–H and O–H groups in total. The fourth-order valence-corrected chi connectivity index (χ4v) is 2.06. The first-order valence-corrected chi connectivity index (χ1v) is 7.09. The minimum atomic E-state index is 0.185. The van der Waals surface area contributed by atoms with Gasteiger partial charge in [0.15, 0.2) is 0 Å². The zero-order valence-corrected chi connectivity index (χ0v) is 11.6. The van der Waals surface area contributed by atoms with E-state index in [1.165, 1.54) is 0 Å². The van der Waals surface area contributed by atoms with Crippen molar-refractivity contribution in [2.75, 3.05) is 5.88 Å². The van der Waals surface area contributed by atoms with Gasteiger partial charge in [0.2, 0.25) is 5.91 Å². The second-order valence-electron chi connectivity index (χ2n) is 4.34. The third-order valence-corrected chi connectivity index (χ3v) is 3.28. The highest BCUT2D eigenvalue weighted by Gasteiger charge is 2.18. The molecule has 0 aromatic heterocycles. The molecule has 0 radical (unpaired) electrons. The van der Waals surface area contributed by atoms with Crippen LogP contribution in [0.15, 0.2) is 0 Å². The number of carbonyl (C=O) groups excluding carboxylic acids is 1. The number of rotatable bonds is 9. The minimum absolute atomic E-state index is 0.185. The second kappa shape index (κ2) is 9.95. The van der Waals surface area contributed by atoms with Gasteiger partial charge in [-0.3, -0.25) is 4.79 Å². The number of alkyl halides is 1. The molecule has 0 aliphatic rings. The maximum absolute atomic E-state index is 12.0. The number of halogens is 1. The van der Waals surface area contributed by atoms with Crippen LogP contribution >= 0.6 is 11.6 Å². The van der Waals surface area contributed by atoms with E-state index in [0.717, 1.165) is 38.5 Å². The lowest BCUT2D eigenvalue weighted by atomic mass is 9.97. The lowest BCUT2D eigenvalue weighted by molar-refractivity contribution is -0.126. The Morgan fingerprint density at radius 3 is 2.31 bits per heavy atom. The lowest BCUT2D eigenvalue weighted by Crippen LogP contribution is -2.38. The molecule has 0 fully saturated rings. The predicted molar refractivity (Wildman–Crippen MR) is 70.9 cm³/mol. The van der Waals surface area contributed by atoms with Gasteiger partial charge >= 0.3 is 0 Å². The summed E-state index contributed by atoms with van der Waals surface area (Å²) >= 11 is 5.70. The van der Waals surface area contributed by atoms with Crippen molar-refractivity contribution < 1.29 is 4.79 Å². The first-order chi connectivity index (χ1) is 7.69. The highest BCUT2D eigenvalue weighted by Crippen LogP contribution is 2.13. The van der Waals surface area contributed by atoms with Crippen LogP contribution in [0.25, 0.3) is 0 Å². The fraction of sp³-hybridized carbons (Fsp3) is 0.923. The number of amides is 1. The molecule has 1 amide bonds. The number of nitrogens with one attached hydrogen (secondary N) is 1. The van der Waals surface area contributed by atoms with Crippen molar-refractivity contribution in [2.24, 2.45) is 5.92 Å². The van der Waals surface area contributed by atoms with Crippen LogP contribution in [0.1, 0.15) is 59.3 Å². The van der Waals surface area contributed by atoms with Crippen molar-refractivity contribution >= 4 is 17.5 Å². The van der Waals surface area contributed by atoms with Crippen LogP contribution in [-0.2, 0) is 4.79 Å². The Morgan fingerprint density at radius 2 is 1.88 bits per heavy atom. The van der Waals surface area contributed by atoms with Crippen molar-refractivity contribution in [1.29, 1.82) is 0 Å². The fourth-order valence-electron chi connectivity index (χ4n) is 1.80. The molecule has 0 heterocycles. The summed E-state index contributed by atoms with van der Waals surface area (Å²) in [5, 5.41) is 3.10. The van der Waals surface area contributed by atoms with E-state index in [1.807, 2.05) is 0 Å². The molecule has 2 atom stereocenters. The SMILES string of the molecule is CCCCC(CC)C(=O)NC(CC)CCCl. The van der Waals surface area contributed by atoms with E-state index in [-0.39, 0.29) is 17.9 Å². The maximum Gasteiger partial charge on any atom is 0.223 e. The summed E-state index contributed by atoms with van der Waals surface area (Å²) in [5.74, 6) is 1.02. The van der Waals surface area contributed by atoms with Gasteiger partial charge in [-0.1, -0.05) is 33.6 Å². The Balaban J connectivity index is 4.06. The van der Waals surface area contributed by atoms with E-state index in [1.54, 1.807) is 0 Å². The minimum Gasteiger partial charge on any atom is -0.353 e. The van der Waals surface area contributed by atoms with E-state index < -0.39 is 0 Å². The molecule has 0 spiro atoms. The van der Waals surface area contributed by atoms with Crippen LogP contribution in [0, 0.1) is 5.92 Å². The van der Waals surface area contributed by atoms with E-state index >= 15 is 0 Å². The Kier molecular flexibility index (Phi) is 9.80. The van der Waals surface area contributed by atoms with Crippen LogP contribution in [0.5, 0.6) is 0 Å². The first kappa shape index (κ1) is 15.8. The van der Waals surface area contributed by atoms with Crippen LogP contribution in [0.3, 0.4) is 0 Å². The number of unbranched alkanes of at least 4 members (excludes halogenated alkanes) is 1. The molecule has 0 rings (SSSR count). The molecule has 2 nitrogen and oxygen atoms in total. The molecule has 0 aromatic carbocycles. The van der Waals surface area contributed by atoms with Crippen LogP contribution < -0.4 is 5.32 Å². The van der Waals surface area contributed by atoms with Gasteiger partial charge in [0.25, 0.3) is 0 Å². The Bertz CT molecular complexity index is 185. The van der Waals surface area contributed by atoms with E-state index in [4.69, 9.17) is 11.6 Å². The van der Waals surface area contributed by atoms with Crippen LogP contribution in [0.2, 0.25) is 0 Å². The van der Waals surface area contributed by atoms with Gasteiger partial charge in [0.05, 0.1) is 0 Å². The predicted octanol–water partition coefficient (Wildman–Crippen LogP) is 3.73. The molecule has 0 aliphatic heterocycles. The van der Waals surface area contributed by atoms with Gasteiger partial charge < -0.3 is 5.32 Å². The zero-order chi connectivity index (χ0) is 12.4. The number of hydrogen-bond donors (Lipinski definition) is 1. The molecule has 3 heteroatoms. The van der Waals surface area contributed by atoms with Gasteiger partial charge in [0, 0.05) is 17.8 Å². The van der Waals surface area contributed by atoms with Gasteiger partial charge in [-0.25, -0.2) is 0 Å². The van der Waals surface area contributed by atoms with Crippen LogP contribution in [0.4, 0.5) is 0 Å². The van der Waals surface area contributed by atoms with Gasteiger partial charge in [-0.15, -0.1) is 11.6 Å². The molecule has 0 saturated carbocycles. The van der Waals surface area contributed by atoms with Crippen molar-refractivity contribution in [3.8, 4) is 0 Å². The number of hydrogen-bond acceptors (Lipinski definition) is 1. The molecule has 2 unspecified atom stereocenters. The summed E-state index contributed by atoms with van der Waals surface area (Å²) in [4.78, 5) is 12.0. The van der Waals surface area contributed by atoms with Crippen molar-refractivity contribution in [3.63, 3.8) is 0 Å². The summed E-state index contributed by atoms with van der Waals surface area (Å²) in [6.45, 7) is 6.33. The summed E-state index contributed by atoms with van der Waals surface area (Å²) in [6.07, 6.45) is 6.07. The largest absolute Gasteiger partial charge is 0.353 e. The normalized spacial score (nSPS) is 14.5. The molecule has 0 bridgehead atoms. The Hall–Kier alpha value is -0.240. The second-order valence-corrected chi connectivity index (χ2v) is 4.72. The molecule has 16 heavy (non-hydrogen) atoms. The molecule has 0 saturated heterocycles. The zero-order valence-electron chi connectivity index (χ0n) is 10.9. The average molecular weight is 248 g/mol. The van der Waals surface area contributed by atoms with E-state index in [2.05, 4.69) is 26.1 Å². The highest BCUT2D eigenvalue weighted by molar-refractivity contribution is 6.17. The van der Waals surface area contributed by atoms with Crippen molar-refractivity contribution in [2.45, 2.75) is 65.3 Å². The molecule has 96 valence electrons. The van der Waals surface area contributed by atoms with Crippen LogP contribution in [-0.4, -0.2) is 17.8 Å². The third kappa shape index (κ3) is 6.37. The lowest BCUT2D eigenvalue weighted by Gasteiger charge is -2.20. The molecular weight excluding hydrogens is 222 g/mol. The number of carbonyl (C=O) groups is 1. The monoisotopic (exact) mass is 247 g/mol. The average Bonchev–Trinajstić information content (AvgIpc) is 2.29. The molecular formula is C13H26ClNO. The standard InChI is InChI=1S/C13H26ClNO/c1-4-7-8-11(5-2)13(16)15-12(6-3)9-10-14/h11-12H,4-10H2,1-3H3,(H,15,16). The third-order valence-electron chi connectivity index (χ3n) is 3.07. The highest BCUT2D eigenvalue weighted by atomic mass is 35.5. The topological polar surface area (TPSA) is 29.1 Å². The smallest absolute Gasteiger partial charge is 0.223 e. The van der Waals surface area contributed by atoms with Gasteiger partial charge in [-0.05, 0) is 25.7 Å². The quantitative estimate of drug-likeness (QED) is 0.618. The van der Waals surface area contributed by atoms with E-state index in [9.17, 15) is 4.79 Å². The van der Waals surface area contributed by atoms with E-state index in [0.29, 0.717) is 5.88 Å². The molecule has 0 aromatic rings. The summed E-state index contributed by atoms with van der Waals surface area (Å²) in [6, 6.07) is 0.251. The van der Waals surface area contributed by atoms with Crippen molar-refractivity contribution in [3.05, 3.63) is 0 Å². The summed E-state index contributed by atoms with van der Waals surface area (Å²) in [7, 11) is 0.